The number of carbonyl (C=O) groups excluding carboxylic acids is 1. The molecule has 0 N–H and O–H groups in total. The molecule has 0 saturated carbocycles. The number of nitrogens with zero attached hydrogens (tertiary/aromatic N) is 3. The van der Waals surface area contributed by atoms with Crippen LogP contribution < -0.4 is 0 Å². The Kier molecular flexibility index (Phi) is 4.94. The minimum Gasteiger partial charge on any atom is -0.361 e. The van der Waals surface area contributed by atoms with Gasteiger partial charge in [0.05, 0.1) is 16.8 Å². The minimum absolute atomic E-state index is 0.0103. The van der Waals surface area contributed by atoms with Crippen molar-refractivity contribution in [1.29, 1.82) is 0 Å². The lowest BCUT2D eigenvalue weighted by Crippen LogP contribution is -2.38. The second kappa shape index (κ2) is 7.53. The van der Waals surface area contributed by atoms with Gasteiger partial charge in [0.15, 0.2) is 0 Å². The van der Waals surface area contributed by atoms with Crippen LogP contribution in [0, 0.1) is 6.92 Å². The molecule has 1 amide bonds. The summed E-state index contributed by atoms with van der Waals surface area (Å²) >= 11 is 5.92. The highest BCUT2D eigenvalue weighted by atomic mass is 35.5. The van der Waals surface area contributed by atoms with E-state index in [0.717, 1.165) is 48.5 Å². The number of hydrogen-bond donors (Lipinski definition) is 0. The topological polar surface area (TPSA) is 59.2 Å². The molecule has 1 atom stereocenters. The number of aromatic nitrogens is 2. The zero-order valence-electron chi connectivity index (χ0n) is 15.1. The molecule has 0 radical (unpaired) electrons. The molecule has 5 nitrogen and oxygen atoms in total. The van der Waals surface area contributed by atoms with E-state index < -0.39 is 0 Å². The lowest BCUT2D eigenvalue weighted by molar-refractivity contribution is 0.0602. The molecule has 1 fully saturated rings. The zero-order chi connectivity index (χ0) is 18.8. The fourth-order valence-electron chi connectivity index (χ4n) is 3.55. The molecule has 138 valence electrons. The summed E-state index contributed by atoms with van der Waals surface area (Å²) < 4.78 is 5.23. The third-order valence-corrected chi connectivity index (χ3v) is 5.11. The third kappa shape index (κ3) is 3.74. The Morgan fingerprint density at radius 3 is 2.85 bits per heavy atom. The first kappa shape index (κ1) is 17.7. The van der Waals surface area contributed by atoms with Crippen molar-refractivity contribution in [2.75, 3.05) is 6.54 Å². The van der Waals surface area contributed by atoms with Gasteiger partial charge in [0.25, 0.3) is 5.91 Å². The van der Waals surface area contributed by atoms with Gasteiger partial charge in [-0.3, -0.25) is 9.78 Å². The van der Waals surface area contributed by atoms with E-state index in [2.05, 4.69) is 10.1 Å². The second-order valence-electron chi connectivity index (χ2n) is 6.82. The number of pyridine rings is 1. The maximum Gasteiger partial charge on any atom is 0.254 e. The summed E-state index contributed by atoms with van der Waals surface area (Å²) in [7, 11) is 0. The van der Waals surface area contributed by atoms with Crippen molar-refractivity contribution in [2.24, 2.45) is 0 Å². The van der Waals surface area contributed by atoms with E-state index >= 15 is 0 Å². The highest BCUT2D eigenvalue weighted by Gasteiger charge is 2.30. The van der Waals surface area contributed by atoms with E-state index in [4.69, 9.17) is 16.1 Å². The molecule has 3 heterocycles. The Bertz CT molecular complexity index is 952. The number of amides is 1. The maximum absolute atomic E-state index is 13.3. The van der Waals surface area contributed by atoms with Crippen LogP contribution in [0.15, 0.2) is 53.2 Å². The Hall–Kier alpha value is -2.66. The molecule has 0 spiro atoms. The first-order valence-electron chi connectivity index (χ1n) is 9.08. The van der Waals surface area contributed by atoms with Crippen LogP contribution in [0.2, 0.25) is 5.02 Å². The standard InChI is InChI=1S/C21H20ClN3O2/c1-14-11-19(24-27-14)20-7-2-3-10-25(20)21(26)16-6-4-5-15(12-16)18-9-8-17(22)13-23-18/h4-6,8-9,11-13,20H,2-3,7,10H2,1H3/t20-/m1/s1. The quantitative estimate of drug-likeness (QED) is 0.635. The first-order valence-corrected chi connectivity index (χ1v) is 9.46. The molecule has 1 saturated heterocycles. The van der Waals surface area contributed by atoms with E-state index in [-0.39, 0.29) is 11.9 Å². The normalized spacial score (nSPS) is 17.1. The number of rotatable bonds is 3. The summed E-state index contributed by atoms with van der Waals surface area (Å²) in [5.41, 5.74) is 3.16. The van der Waals surface area contributed by atoms with Gasteiger partial charge < -0.3 is 9.42 Å². The third-order valence-electron chi connectivity index (χ3n) is 4.88. The smallest absolute Gasteiger partial charge is 0.254 e. The van der Waals surface area contributed by atoms with Crippen molar-refractivity contribution in [1.82, 2.24) is 15.0 Å². The summed E-state index contributed by atoms with van der Waals surface area (Å²) in [6, 6.07) is 13.1. The van der Waals surface area contributed by atoms with Gasteiger partial charge in [0, 0.05) is 29.9 Å². The van der Waals surface area contributed by atoms with Gasteiger partial charge in [-0.1, -0.05) is 28.9 Å². The summed E-state index contributed by atoms with van der Waals surface area (Å²) in [6.45, 7) is 2.59. The van der Waals surface area contributed by atoms with Gasteiger partial charge in [-0.05, 0) is 50.5 Å². The Balaban J connectivity index is 1.63. The highest BCUT2D eigenvalue weighted by Crippen LogP contribution is 2.32. The minimum atomic E-state index is -0.0407. The van der Waals surface area contributed by atoms with Gasteiger partial charge in [-0.15, -0.1) is 0 Å². The molecular weight excluding hydrogens is 362 g/mol. The second-order valence-corrected chi connectivity index (χ2v) is 7.25. The Morgan fingerprint density at radius 2 is 2.11 bits per heavy atom. The summed E-state index contributed by atoms with van der Waals surface area (Å²) in [5, 5.41) is 4.74. The van der Waals surface area contributed by atoms with Gasteiger partial charge in [-0.2, -0.15) is 0 Å². The molecule has 0 unspecified atom stereocenters. The number of halogens is 1. The first-order chi connectivity index (χ1) is 13.1. The Morgan fingerprint density at radius 1 is 1.22 bits per heavy atom. The van der Waals surface area contributed by atoms with Crippen molar-refractivity contribution in [3.05, 3.63) is 70.7 Å². The number of piperidine rings is 1. The van der Waals surface area contributed by atoms with Crippen molar-refractivity contribution >= 4 is 17.5 Å². The molecule has 4 rings (SSSR count). The van der Waals surface area contributed by atoms with Gasteiger partial charge in [-0.25, -0.2) is 0 Å². The number of aryl methyl sites for hydroxylation is 1. The fraction of sp³-hybridized carbons (Fsp3) is 0.286. The van der Waals surface area contributed by atoms with E-state index in [1.807, 2.05) is 48.2 Å². The molecule has 1 aliphatic rings. The predicted octanol–water partition coefficient (Wildman–Crippen LogP) is 5.07. The van der Waals surface area contributed by atoms with E-state index in [1.54, 1.807) is 12.3 Å². The summed E-state index contributed by atoms with van der Waals surface area (Å²) in [4.78, 5) is 19.5. The van der Waals surface area contributed by atoms with E-state index in [0.29, 0.717) is 10.6 Å². The number of likely N-dealkylation sites (tertiary alicyclic amines) is 1. The molecule has 0 aliphatic carbocycles. The summed E-state index contributed by atoms with van der Waals surface area (Å²) in [6.07, 6.45) is 4.59. The molecule has 1 aromatic carbocycles. The number of benzene rings is 1. The van der Waals surface area contributed by atoms with Crippen molar-refractivity contribution in [2.45, 2.75) is 32.2 Å². The largest absolute Gasteiger partial charge is 0.361 e. The van der Waals surface area contributed by atoms with E-state index in [1.165, 1.54) is 0 Å². The molecule has 27 heavy (non-hydrogen) atoms. The predicted molar refractivity (Wildman–Crippen MR) is 104 cm³/mol. The zero-order valence-corrected chi connectivity index (χ0v) is 15.8. The van der Waals surface area contributed by atoms with Crippen molar-refractivity contribution in [3.8, 4) is 11.3 Å². The van der Waals surface area contributed by atoms with Crippen LogP contribution in [0.25, 0.3) is 11.3 Å². The Labute approximate surface area is 163 Å². The summed E-state index contributed by atoms with van der Waals surface area (Å²) in [5.74, 6) is 0.773. The van der Waals surface area contributed by atoms with E-state index in [9.17, 15) is 4.79 Å². The van der Waals surface area contributed by atoms with Crippen LogP contribution in [0.1, 0.15) is 47.1 Å². The number of carbonyl (C=O) groups is 1. The van der Waals surface area contributed by atoms with Crippen LogP contribution in [0.4, 0.5) is 0 Å². The number of hydrogen-bond acceptors (Lipinski definition) is 4. The van der Waals surface area contributed by atoms with Gasteiger partial charge in [0.1, 0.15) is 11.5 Å². The van der Waals surface area contributed by atoms with Crippen LogP contribution in [-0.4, -0.2) is 27.5 Å². The fourth-order valence-corrected chi connectivity index (χ4v) is 3.66. The average molecular weight is 382 g/mol. The highest BCUT2D eigenvalue weighted by molar-refractivity contribution is 6.30. The van der Waals surface area contributed by atoms with Crippen molar-refractivity contribution < 1.29 is 9.32 Å². The monoisotopic (exact) mass is 381 g/mol. The SMILES string of the molecule is Cc1cc([C@H]2CCCCN2C(=O)c2cccc(-c3ccc(Cl)cn3)c2)no1. The van der Waals surface area contributed by atoms with Crippen LogP contribution in [0.5, 0.6) is 0 Å². The van der Waals surface area contributed by atoms with Crippen LogP contribution >= 0.6 is 11.6 Å². The van der Waals surface area contributed by atoms with Crippen LogP contribution in [-0.2, 0) is 0 Å². The molecule has 3 aromatic rings. The average Bonchev–Trinajstić information content (AvgIpc) is 3.14. The molecule has 2 aromatic heterocycles. The van der Waals surface area contributed by atoms with Crippen LogP contribution in [0.3, 0.4) is 0 Å². The molecular formula is C21H20ClN3O2. The van der Waals surface area contributed by atoms with Crippen molar-refractivity contribution in [3.63, 3.8) is 0 Å². The lowest BCUT2D eigenvalue weighted by atomic mass is 9.97. The lowest BCUT2D eigenvalue weighted by Gasteiger charge is -2.34. The maximum atomic E-state index is 13.3. The molecule has 6 heteroatoms. The van der Waals surface area contributed by atoms with Gasteiger partial charge >= 0.3 is 0 Å². The van der Waals surface area contributed by atoms with Gasteiger partial charge in [0.2, 0.25) is 0 Å². The molecule has 1 aliphatic heterocycles. The molecule has 0 bridgehead atoms.